The molecule has 31 heavy (non-hydrogen) atoms. The molecule has 1 aliphatic heterocycles. The van der Waals surface area contributed by atoms with E-state index in [4.69, 9.17) is 14.7 Å². The summed E-state index contributed by atoms with van der Waals surface area (Å²) >= 11 is 1.54. The van der Waals surface area contributed by atoms with Gasteiger partial charge in [0, 0.05) is 35.9 Å². The summed E-state index contributed by atoms with van der Waals surface area (Å²) in [5.41, 5.74) is 3.10. The third kappa shape index (κ3) is 3.86. The topological polar surface area (TPSA) is 67.6 Å². The molecule has 1 atom stereocenters. The molecule has 9 heteroatoms. The van der Waals surface area contributed by atoms with Crippen molar-refractivity contribution in [3.8, 4) is 28.4 Å². The maximum Gasteiger partial charge on any atom is 0.223 e. The Morgan fingerprint density at radius 1 is 1.26 bits per heavy atom. The van der Waals surface area contributed by atoms with Crippen molar-refractivity contribution < 1.29 is 9.13 Å². The van der Waals surface area contributed by atoms with Crippen LogP contribution in [0, 0.1) is 5.82 Å². The highest BCUT2D eigenvalue weighted by atomic mass is 32.1. The average Bonchev–Trinajstić information content (AvgIpc) is 3.35. The molecule has 1 fully saturated rings. The molecule has 0 spiro atoms. The predicted molar refractivity (Wildman–Crippen MR) is 120 cm³/mol. The molecule has 160 valence electrons. The molecule has 4 aromatic rings. The Hall–Kier alpha value is -3.04. The van der Waals surface area contributed by atoms with Crippen LogP contribution in [-0.2, 0) is 0 Å². The van der Waals surface area contributed by atoms with Crippen molar-refractivity contribution in [2.24, 2.45) is 0 Å². The molecule has 0 saturated carbocycles. The second kappa shape index (κ2) is 8.24. The Bertz CT molecular complexity index is 1220. The van der Waals surface area contributed by atoms with E-state index in [0.29, 0.717) is 12.0 Å². The number of likely N-dealkylation sites (N-methyl/N-ethyl adjacent to an activating group) is 1. The van der Waals surface area contributed by atoms with Crippen LogP contribution in [0.4, 0.5) is 10.3 Å². The van der Waals surface area contributed by atoms with Crippen LogP contribution in [0.15, 0.2) is 42.0 Å². The zero-order valence-corrected chi connectivity index (χ0v) is 18.2. The lowest BCUT2D eigenvalue weighted by molar-refractivity contribution is 0.260. The summed E-state index contributed by atoms with van der Waals surface area (Å²) in [5, 5.41) is 5.47. The number of halogens is 1. The fourth-order valence-corrected chi connectivity index (χ4v) is 4.78. The van der Waals surface area contributed by atoms with Crippen molar-refractivity contribution in [3.63, 3.8) is 0 Å². The summed E-state index contributed by atoms with van der Waals surface area (Å²) in [4.78, 5) is 17.2. The molecule has 5 rings (SSSR count). The minimum Gasteiger partial charge on any atom is -0.494 e. The molecule has 0 amide bonds. The number of ether oxygens (including phenoxy) is 1. The van der Waals surface area contributed by atoms with E-state index in [0.717, 1.165) is 53.5 Å². The minimum atomic E-state index is -0.403. The number of likely N-dealkylation sites (tertiary alicyclic amines) is 1. The first-order chi connectivity index (χ1) is 15.1. The fraction of sp³-hybridized carbons (Fsp3) is 0.318. The predicted octanol–water partition coefficient (Wildman–Crippen LogP) is 4.17. The molecule has 4 heterocycles. The van der Waals surface area contributed by atoms with Gasteiger partial charge in [-0.25, -0.2) is 19.3 Å². The number of hydrogen-bond acceptors (Lipinski definition) is 7. The SMILES string of the molecule is COc1cc(-c2nc3sccn3c2-c2ccnc(N[C@@H]3CCCN(C)C3)n2)ccc1F. The van der Waals surface area contributed by atoms with Gasteiger partial charge in [0.05, 0.1) is 18.5 Å². The van der Waals surface area contributed by atoms with Crippen LogP contribution in [0.5, 0.6) is 5.75 Å². The maximum absolute atomic E-state index is 14.0. The third-order valence-corrected chi connectivity index (χ3v) is 6.30. The van der Waals surface area contributed by atoms with Gasteiger partial charge in [0.15, 0.2) is 16.5 Å². The van der Waals surface area contributed by atoms with Gasteiger partial charge in [-0.1, -0.05) is 0 Å². The first-order valence-corrected chi connectivity index (χ1v) is 11.1. The largest absolute Gasteiger partial charge is 0.494 e. The number of thiazole rings is 1. The number of imidazole rings is 1. The average molecular weight is 439 g/mol. The van der Waals surface area contributed by atoms with Gasteiger partial charge in [0.2, 0.25) is 5.95 Å². The van der Waals surface area contributed by atoms with Crippen molar-refractivity contribution >= 4 is 22.2 Å². The Morgan fingerprint density at radius 3 is 3.00 bits per heavy atom. The Balaban J connectivity index is 1.56. The smallest absolute Gasteiger partial charge is 0.223 e. The van der Waals surface area contributed by atoms with Crippen molar-refractivity contribution in [3.05, 3.63) is 47.9 Å². The normalized spacial score (nSPS) is 17.2. The van der Waals surface area contributed by atoms with Crippen LogP contribution in [0.3, 0.4) is 0 Å². The second-order valence-electron chi connectivity index (χ2n) is 7.73. The Morgan fingerprint density at radius 2 is 2.16 bits per heavy atom. The fourth-order valence-electron chi connectivity index (χ4n) is 4.07. The number of benzene rings is 1. The number of aromatic nitrogens is 4. The van der Waals surface area contributed by atoms with Crippen LogP contribution >= 0.6 is 11.3 Å². The molecule has 0 aliphatic carbocycles. The van der Waals surface area contributed by atoms with E-state index in [-0.39, 0.29) is 5.75 Å². The van der Waals surface area contributed by atoms with Crippen molar-refractivity contribution in [2.75, 3.05) is 32.6 Å². The molecule has 1 N–H and O–H groups in total. The van der Waals surface area contributed by atoms with Crippen LogP contribution in [0.1, 0.15) is 12.8 Å². The number of nitrogens with zero attached hydrogens (tertiary/aromatic N) is 5. The van der Waals surface area contributed by atoms with Crippen molar-refractivity contribution in [1.82, 2.24) is 24.3 Å². The van der Waals surface area contributed by atoms with Gasteiger partial charge < -0.3 is 15.0 Å². The number of anilines is 1. The molecule has 0 radical (unpaired) electrons. The Kier molecular flexibility index (Phi) is 5.29. The first-order valence-electron chi connectivity index (χ1n) is 10.2. The number of fused-ring (bicyclic) bond motifs is 1. The lowest BCUT2D eigenvalue weighted by Crippen LogP contribution is -2.40. The van der Waals surface area contributed by atoms with Crippen LogP contribution in [-0.4, -0.2) is 57.5 Å². The van der Waals surface area contributed by atoms with E-state index in [9.17, 15) is 4.39 Å². The monoisotopic (exact) mass is 438 g/mol. The Labute approximate surface area is 183 Å². The van der Waals surface area contributed by atoms with Crippen LogP contribution < -0.4 is 10.1 Å². The highest BCUT2D eigenvalue weighted by molar-refractivity contribution is 7.15. The second-order valence-corrected chi connectivity index (χ2v) is 8.60. The van der Waals surface area contributed by atoms with Gasteiger partial charge in [0.25, 0.3) is 0 Å². The lowest BCUT2D eigenvalue weighted by Gasteiger charge is -2.30. The molecule has 1 aromatic carbocycles. The zero-order valence-electron chi connectivity index (χ0n) is 17.4. The van der Waals surface area contributed by atoms with E-state index < -0.39 is 5.82 Å². The van der Waals surface area contributed by atoms with E-state index in [2.05, 4.69) is 22.2 Å². The standard InChI is InChI=1S/C22H23FN6OS/c1-28-9-3-4-15(13-28)25-21-24-8-7-17(26-21)20-19(27-22-29(20)10-11-31-22)14-5-6-16(23)18(12-14)30-2/h5-8,10-12,15H,3-4,9,13H2,1-2H3,(H,24,25,26)/t15-/m1/s1. The number of piperidine rings is 1. The molecule has 1 aliphatic rings. The summed E-state index contributed by atoms with van der Waals surface area (Å²) in [6.45, 7) is 2.09. The van der Waals surface area contributed by atoms with E-state index in [1.54, 1.807) is 18.3 Å². The summed E-state index contributed by atoms with van der Waals surface area (Å²) in [6.07, 6.45) is 5.98. The number of nitrogens with one attached hydrogen (secondary N) is 1. The van der Waals surface area contributed by atoms with Gasteiger partial charge in [-0.15, -0.1) is 11.3 Å². The van der Waals surface area contributed by atoms with Crippen molar-refractivity contribution in [2.45, 2.75) is 18.9 Å². The highest BCUT2D eigenvalue weighted by Crippen LogP contribution is 2.35. The summed E-state index contributed by atoms with van der Waals surface area (Å²) in [5.74, 6) is 0.386. The summed E-state index contributed by atoms with van der Waals surface area (Å²) in [6, 6.07) is 6.98. The molecule has 0 bridgehead atoms. The van der Waals surface area contributed by atoms with E-state index in [1.165, 1.54) is 24.5 Å². The van der Waals surface area contributed by atoms with Crippen LogP contribution in [0.25, 0.3) is 27.6 Å². The van der Waals surface area contributed by atoms with Gasteiger partial charge in [-0.2, -0.15) is 0 Å². The highest BCUT2D eigenvalue weighted by Gasteiger charge is 2.21. The van der Waals surface area contributed by atoms with Crippen LogP contribution in [0.2, 0.25) is 0 Å². The quantitative estimate of drug-likeness (QED) is 0.504. The van der Waals surface area contributed by atoms with Gasteiger partial charge in [0.1, 0.15) is 5.69 Å². The molecular weight excluding hydrogens is 415 g/mol. The third-order valence-electron chi connectivity index (χ3n) is 5.54. The van der Waals surface area contributed by atoms with Gasteiger partial charge >= 0.3 is 0 Å². The lowest BCUT2D eigenvalue weighted by atomic mass is 10.1. The van der Waals surface area contributed by atoms with Gasteiger partial charge in [-0.05, 0) is 50.7 Å². The molecule has 1 saturated heterocycles. The molecule has 7 nitrogen and oxygen atoms in total. The number of hydrogen-bond donors (Lipinski definition) is 1. The molecular formula is C22H23FN6OS. The van der Waals surface area contributed by atoms with Crippen molar-refractivity contribution in [1.29, 1.82) is 0 Å². The summed E-state index contributed by atoms with van der Waals surface area (Å²) in [7, 11) is 3.59. The first kappa shape index (κ1) is 19.9. The van der Waals surface area contributed by atoms with E-state index >= 15 is 0 Å². The number of rotatable bonds is 5. The maximum atomic E-state index is 14.0. The van der Waals surface area contributed by atoms with Gasteiger partial charge in [-0.3, -0.25) is 4.40 Å². The number of methoxy groups -OCH3 is 1. The summed E-state index contributed by atoms with van der Waals surface area (Å²) < 4.78 is 21.2. The zero-order chi connectivity index (χ0) is 21.4. The molecule has 3 aromatic heterocycles. The minimum absolute atomic E-state index is 0.186. The molecule has 0 unspecified atom stereocenters. The van der Waals surface area contributed by atoms with E-state index in [1.807, 2.05) is 22.0 Å².